The van der Waals surface area contributed by atoms with Crippen molar-refractivity contribution in [1.82, 2.24) is 10.2 Å². The number of ether oxygens (including phenoxy) is 1. The third-order valence-electron chi connectivity index (χ3n) is 2.85. The molecule has 0 spiro atoms. The molecule has 0 aromatic heterocycles. The zero-order valence-corrected chi connectivity index (χ0v) is 10.5. The number of hydrogen-bond acceptors (Lipinski definition) is 4. The maximum Gasteiger partial charge on any atom is 0.332 e. The summed E-state index contributed by atoms with van der Waals surface area (Å²) in [6, 6.07) is -0.280. The van der Waals surface area contributed by atoms with Crippen molar-refractivity contribution in [1.29, 1.82) is 0 Å². The quantitative estimate of drug-likeness (QED) is 0.693. The van der Waals surface area contributed by atoms with Crippen LogP contribution in [-0.2, 0) is 14.3 Å². The smallest absolute Gasteiger partial charge is 0.332 e. The fourth-order valence-electron chi connectivity index (χ4n) is 1.82. The maximum atomic E-state index is 11.5. The van der Waals surface area contributed by atoms with E-state index in [0.29, 0.717) is 19.4 Å². The molecule has 1 amide bonds. The Morgan fingerprint density at radius 3 is 2.59 bits per heavy atom. The SMILES string of the molecule is CC(NCC1CCC(C(=O)O)O1)C(=O)N(C)C. The van der Waals surface area contributed by atoms with Crippen LogP contribution in [0.5, 0.6) is 0 Å². The lowest BCUT2D eigenvalue weighted by Gasteiger charge is -2.20. The lowest BCUT2D eigenvalue weighted by atomic mass is 10.2. The van der Waals surface area contributed by atoms with Gasteiger partial charge in [-0.25, -0.2) is 4.79 Å². The fraction of sp³-hybridized carbons (Fsp3) is 0.818. The van der Waals surface area contributed by atoms with Crippen molar-refractivity contribution in [2.45, 2.75) is 38.0 Å². The van der Waals surface area contributed by atoms with Crippen LogP contribution < -0.4 is 5.32 Å². The topological polar surface area (TPSA) is 78.9 Å². The average Bonchev–Trinajstić information content (AvgIpc) is 2.73. The summed E-state index contributed by atoms with van der Waals surface area (Å²) in [5, 5.41) is 11.8. The summed E-state index contributed by atoms with van der Waals surface area (Å²) in [6.07, 6.45) is 0.444. The van der Waals surface area contributed by atoms with Crippen molar-refractivity contribution in [3.05, 3.63) is 0 Å². The van der Waals surface area contributed by atoms with Crippen LogP contribution in [0.25, 0.3) is 0 Å². The fourth-order valence-corrected chi connectivity index (χ4v) is 1.82. The Kier molecular flexibility index (Phi) is 4.89. The Balaban J connectivity index is 2.28. The van der Waals surface area contributed by atoms with E-state index in [4.69, 9.17) is 9.84 Å². The second-order valence-electron chi connectivity index (χ2n) is 4.52. The van der Waals surface area contributed by atoms with Crippen LogP contribution >= 0.6 is 0 Å². The monoisotopic (exact) mass is 244 g/mol. The Hall–Kier alpha value is -1.14. The van der Waals surface area contributed by atoms with E-state index < -0.39 is 12.1 Å². The Morgan fingerprint density at radius 1 is 1.47 bits per heavy atom. The van der Waals surface area contributed by atoms with Crippen molar-refractivity contribution < 1.29 is 19.4 Å². The zero-order chi connectivity index (χ0) is 13.0. The van der Waals surface area contributed by atoms with Gasteiger partial charge in [-0.2, -0.15) is 0 Å². The van der Waals surface area contributed by atoms with E-state index in [0.717, 1.165) is 0 Å². The van der Waals surface area contributed by atoms with E-state index in [1.165, 1.54) is 4.90 Å². The van der Waals surface area contributed by atoms with Gasteiger partial charge < -0.3 is 20.1 Å². The van der Waals surface area contributed by atoms with Gasteiger partial charge in [-0.1, -0.05) is 0 Å². The van der Waals surface area contributed by atoms with Crippen LogP contribution in [-0.4, -0.2) is 60.8 Å². The predicted octanol–water partition coefficient (Wildman–Crippen LogP) is -0.315. The molecule has 1 heterocycles. The van der Waals surface area contributed by atoms with E-state index >= 15 is 0 Å². The molecule has 2 N–H and O–H groups in total. The largest absolute Gasteiger partial charge is 0.479 e. The van der Waals surface area contributed by atoms with E-state index in [9.17, 15) is 9.59 Å². The number of carboxylic acids is 1. The van der Waals surface area contributed by atoms with Crippen molar-refractivity contribution in [2.75, 3.05) is 20.6 Å². The predicted molar refractivity (Wildman–Crippen MR) is 61.7 cm³/mol. The summed E-state index contributed by atoms with van der Waals surface area (Å²) in [4.78, 5) is 23.7. The van der Waals surface area contributed by atoms with Crippen molar-refractivity contribution in [2.24, 2.45) is 0 Å². The van der Waals surface area contributed by atoms with Crippen LogP contribution in [0.15, 0.2) is 0 Å². The summed E-state index contributed by atoms with van der Waals surface area (Å²) in [5.41, 5.74) is 0. The first kappa shape index (κ1) is 13.9. The van der Waals surface area contributed by atoms with Gasteiger partial charge in [-0.15, -0.1) is 0 Å². The summed E-state index contributed by atoms with van der Waals surface area (Å²) in [5.74, 6) is -0.914. The third kappa shape index (κ3) is 3.98. The number of rotatable bonds is 5. The molecule has 1 aliphatic rings. The number of carbonyl (C=O) groups excluding carboxylic acids is 1. The summed E-state index contributed by atoms with van der Waals surface area (Å²) in [7, 11) is 3.40. The van der Waals surface area contributed by atoms with E-state index in [-0.39, 0.29) is 18.1 Å². The van der Waals surface area contributed by atoms with Crippen LogP contribution in [0, 0.1) is 0 Å². The molecule has 0 radical (unpaired) electrons. The molecule has 98 valence electrons. The Bertz CT molecular complexity index is 293. The van der Waals surface area contributed by atoms with Crippen molar-refractivity contribution in [3.8, 4) is 0 Å². The van der Waals surface area contributed by atoms with Gasteiger partial charge in [0.15, 0.2) is 6.10 Å². The highest BCUT2D eigenvalue weighted by atomic mass is 16.5. The Morgan fingerprint density at radius 2 is 2.12 bits per heavy atom. The number of nitrogens with one attached hydrogen (secondary N) is 1. The van der Waals surface area contributed by atoms with Gasteiger partial charge >= 0.3 is 5.97 Å². The second kappa shape index (κ2) is 5.97. The molecule has 6 heteroatoms. The standard InChI is InChI=1S/C11H20N2O4/c1-7(10(14)13(2)3)12-6-8-4-5-9(17-8)11(15)16/h7-9,12H,4-6H2,1-3H3,(H,15,16). The van der Waals surface area contributed by atoms with E-state index in [1.54, 1.807) is 21.0 Å². The molecule has 1 fully saturated rings. The number of carbonyl (C=O) groups is 2. The molecule has 1 rings (SSSR count). The van der Waals surface area contributed by atoms with Crippen LogP contribution in [0.2, 0.25) is 0 Å². The van der Waals surface area contributed by atoms with Gasteiger partial charge in [0.1, 0.15) is 0 Å². The first-order chi connectivity index (χ1) is 7.91. The molecule has 1 saturated heterocycles. The van der Waals surface area contributed by atoms with Crippen LogP contribution in [0.1, 0.15) is 19.8 Å². The number of likely N-dealkylation sites (N-methyl/N-ethyl adjacent to an activating group) is 1. The van der Waals surface area contributed by atoms with E-state index in [2.05, 4.69) is 5.32 Å². The highest BCUT2D eigenvalue weighted by molar-refractivity contribution is 5.80. The number of nitrogens with zero attached hydrogens (tertiary/aromatic N) is 1. The first-order valence-electron chi connectivity index (χ1n) is 5.74. The average molecular weight is 244 g/mol. The van der Waals surface area contributed by atoms with Gasteiger partial charge in [-0.05, 0) is 19.8 Å². The van der Waals surface area contributed by atoms with Crippen LogP contribution in [0.4, 0.5) is 0 Å². The van der Waals surface area contributed by atoms with E-state index in [1.807, 2.05) is 0 Å². The maximum absolute atomic E-state index is 11.5. The summed E-state index contributed by atoms with van der Waals surface area (Å²) in [6.45, 7) is 2.29. The molecule has 17 heavy (non-hydrogen) atoms. The molecule has 0 bridgehead atoms. The number of hydrogen-bond donors (Lipinski definition) is 2. The van der Waals surface area contributed by atoms with Gasteiger partial charge in [0.2, 0.25) is 5.91 Å². The normalized spacial score (nSPS) is 25.6. The third-order valence-corrected chi connectivity index (χ3v) is 2.85. The molecule has 0 aromatic carbocycles. The summed E-state index contributed by atoms with van der Waals surface area (Å²) < 4.78 is 5.33. The zero-order valence-electron chi connectivity index (χ0n) is 10.5. The van der Waals surface area contributed by atoms with Crippen molar-refractivity contribution in [3.63, 3.8) is 0 Å². The minimum Gasteiger partial charge on any atom is -0.479 e. The summed E-state index contributed by atoms with van der Waals surface area (Å²) >= 11 is 0. The highest BCUT2D eigenvalue weighted by Gasteiger charge is 2.30. The lowest BCUT2D eigenvalue weighted by Crippen LogP contribution is -2.44. The molecule has 1 aliphatic heterocycles. The first-order valence-corrected chi connectivity index (χ1v) is 5.74. The second-order valence-corrected chi connectivity index (χ2v) is 4.52. The molecule has 0 aromatic rings. The molecule has 3 atom stereocenters. The molecular formula is C11H20N2O4. The number of amides is 1. The van der Waals surface area contributed by atoms with Gasteiger partial charge in [0.25, 0.3) is 0 Å². The molecule has 0 saturated carbocycles. The number of aliphatic carboxylic acids is 1. The van der Waals surface area contributed by atoms with Gasteiger partial charge in [-0.3, -0.25) is 4.79 Å². The van der Waals surface area contributed by atoms with Crippen LogP contribution in [0.3, 0.4) is 0 Å². The molecule has 6 nitrogen and oxygen atoms in total. The lowest BCUT2D eigenvalue weighted by molar-refractivity contribution is -0.149. The molecule has 0 aliphatic carbocycles. The van der Waals surface area contributed by atoms with Gasteiger partial charge in [0, 0.05) is 20.6 Å². The van der Waals surface area contributed by atoms with Crippen molar-refractivity contribution >= 4 is 11.9 Å². The minimum absolute atomic E-state index is 0.00205. The minimum atomic E-state index is -0.912. The Labute approximate surface area is 101 Å². The number of carboxylic acid groups (broad SMARTS) is 1. The molecular weight excluding hydrogens is 224 g/mol. The van der Waals surface area contributed by atoms with Gasteiger partial charge in [0.05, 0.1) is 12.1 Å². The molecule has 3 unspecified atom stereocenters. The highest BCUT2D eigenvalue weighted by Crippen LogP contribution is 2.19.